The van der Waals surface area contributed by atoms with Gasteiger partial charge in [0.25, 0.3) is 0 Å². The first-order valence-corrected chi connectivity index (χ1v) is 8.34. The Morgan fingerprint density at radius 2 is 1.67 bits per heavy atom. The summed E-state index contributed by atoms with van der Waals surface area (Å²) < 4.78 is 0. The molecule has 1 N–H and O–H groups in total. The first-order chi connectivity index (χ1) is 11.3. The lowest BCUT2D eigenvalue weighted by Gasteiger charge is -2.17. The summed E-state index contributed by atoms with van der Waals surface area (Å²) in [5, 5.41) is 9.95. The highest BCUT2D eigenvalue weighted by atomic mass is 16.3. The van der Waals surface area contributed by atoms with E-state index in [1.165, 1.54) is 13.8 Å². The minimum Gasteiger partial charge on any atom is -0.382 e. The molecular formula is C21H24O3. The molecule has 0 aliphatic carbocycles. The monoisotopic (exact) mass is 324 g/mol. The molecule has 3 nitrogen and oxygen atoms in total. The third-order valence-corrected chi connectivity index (χ3v) is 4.00. The Morgan fingerprint density at radius 3 is 2.25 bits per heavy atom. The molecule has 0 aliphatic heterocycles. The zero-order valence-electron chi connectivity index (χ0n) is 14.5. The summed E-state index contributed by atoms with van der Waals surface area (Å²) in [6.07, 6.45) is 2.68. The highest BCUT2D eigenvalue weighted by Crippen LogP contribution is 2.21. The molecule has 0 saturated heterocycles. The van der Waals surface area contributed by atoms with Crippen LogP contribution in [0.5, 0.6) is 0 Å². The number of hydrogen-bond donors (Lipinski definition) is 1. The van der Waals surface area contributed by atoms with Crippen LogP contribution in [0.2, 0.25) is 0 Å². The van der Waals surface area contributed by atoms with E-state index in [0.717, 1.165) is 24.8 Å². The number of aryl methyl sites for hydroxylation is 1. The van der Waals surface area contributed by atoms with Gasteiger partial charge in [0.1, 0.15) is 5.60 Å². The van der Waals surface area contributed by atoms with Gasteiger partial charge in [-0.1, -0.05) is 55.8 Å². The lowest BCUT2D eigenvalue weighted by molar-refractivity contribution is 0.0488. The summed E-state index contributed by atoms with van der Waals surface area (Å²) in [4.78, 5) is 25.1. The Morgan fingerprint density at radius 1 is 1.00 bits per heavy atom. The van der Waals surface area contributed by atoms with Crippen molar-refractivity contribution in [1.29, 1.82) is 0 Å². The normalized spacial score (nSPS) is 11.3. The van der Waals surface area contributed by atoms with E-state index in [1.54, 1.807) is 30.3 Å². The van der Waals surface area contributed by atoms with E-state index in [-0.39, 0.29) is 11.6 Å². The highest BCUT2D eigenvalue weighted by molar-refractivity contribution is 6.11. The number of benzene rings is 2. The van der Waals surface area contributed by atoms with Gasteiger partial charge in [0.15, 0.2) is 11.6 Å². The molecule has 0 radical (unpaired) electrons. The number of Topliss-reactive ketones (excluding diaryl/α,β-unsaturated/α-hetero) is 1. The number of carbonyl (C=O) groups is 2. The molecule has 24 heavy (non-hydrogen) atoms. The van der Waals surface area contributed by atoms with Crippen molar-refractivity contribution in [1.82, 2.24) is 0 Å². The molecule has 2 rings (SSSR count). The average Bonchev–Trinajstić information content (AvgIpc) is 2.58. The van der Waals surface area contributed by atoms with Gasteiger partial charge in [0.2, 0.25) is 0 Å². The summed E-state index contributed by atoms with van der Waals surface area (Å²) in [6, 6.07) is 14.2. The molecule has 0 bridgehead atoms. The van der Waals surface area contributed by atoms with E-state index in [2.05, 4.69) is 6.92 Å². The fourth-order valence-corrected chi connectivity index (χ4v) is 2.63. The standard InChI is InChI=1S/C21H24O3/c1-4-5-9-16-14-17(20(23)21(2,3)24)12-13-18(16)19(22)15-10-7-6-8-11-15/h6-8,10-14,24H,4-5,9H2,1-3H3. The molecule has 2 aromatic carbocycles. The first-order valence-electron chi connectivity index (χ1n) is 8.34. The van der Waals surface area contributed by atoms with Crippen LogP contribution < -0.4 is 0 Å². The zero-order valence-corrected chi connectivity index (χ0v) is 14.5. The number of carbonyl (C=O) groups excluding carboxylic acids is 2. The van der Waals surface area contributed by atoms with Crippen LogP contribution in [0.25, 0.3) is 0 Å². The van der Waals surface area contributed by atoms with Gasteiger partial charge in [-0.05, 0) is 38.3 Å². The van der Waals surface area contributed by atoms with Gasteiger partial charge in [-0.25, -0.2) is 0 Å². The summed E-state index contributed by atoms with van der Waals surface area (Å²) in [5.74, 6) is -0.372. The molecule has 2 aromatic rings. The van der Waals surface area contributed by atoms with Gasteiger partial charge >= 0.3 is 0 Å². The predicted octanol–water partition coefficient (Wildman–Crippen LogP) is 4.21. The molecule has 126 valence electrons. The minimum atomic E-state index is -1.42. The maximum atomic E-state index is 12.8. The third kappa shape index (κ3) is 4.18. The quantitative estimate of drug-likeness (QED) is 0.776. The van der Waals surface area contributed by atoms with Crippen LogP contribution in [0.15, 0.2) is 48.5 Å². The summed E-state index contributed by atoms with van der Waals surface area (Å²) in [6.45, 7) is 5.04. The Bertz CT molecular complexity index is 724. The molecule has 0 spiro atoms. The van der Waals surface area contributed by atoms with Gasteiger partial charge in [-0.3, -0.25) is 9.59 Å². The number of hydrogen-bond acceptors (Lipinski definition) is 3. The largest absolute Gasteiger partial charge is 0.382 e. The van der Waals surface area contributed by atoms with Crippen LogP contribution in [0, 0.1) is 0 Å². The van der Waals surface area contributed by atoms with Gasteiger partial charge in [0.05, 0.1) is 0 Å². The van der Waals surface area contributed by atoms with Crippen molar-refractivity contribution in [2.24, 2.45) is 0 Å². The Balaban J connectivity index is 2.44. The Kier molecular flexibility index (Phi) is 5.68. The first kappa shape index (κ1) is 18.1. The van der Waals surface area contributed by atoms with Gasteiger partial charge in [-0.15, -0.1) is 0 Å². The summed E-state index contributed by atoms with van der Waals surface area (Å²) in [7, 11) is 0. The van der Waals surface area contributed by atoms with Crippen molar-refractivity contribution in [3.05, 3.63) is 70.8 Å². The van der Waals surface area contributed by atoms with Gasteiger partial charge in [0, 0.05) is 16.7 Å². The van der Waals surface area contributed by atoms with Crippen molar-refractivity contribution < 1.29 is 14.7 Å². The maximum absolute atomic E-state index is 12.8. The molecule has 0 aliphatic rings. The number of ketones is 2. The molecule has 0 amide bonds. The van der Waals surface area contributed by atoms with Crippen molar-refractivity contribution in [2.75, 3.05) is 0 Å². The van der Waals surface area contributed by atoms with E-state index >= 15 is 0 Å². The van der Waals surface area contributed by atoms with Crippen LogP contribution in [0.1, 0.15) is 65.5 Å². The Labute approximate surface area is 143 Å². The second kappa shape index (κ2) is 7.54. The minimum absolute atomic E-state index is 0.0380. The van der Waals surface area contributed by atoms with Crippen LogP contribution >= 0.6 is 0 Å². The summed E-state index contributed by atoms with van der Waals surface area (Å²) >= 11 is 0. The average molecular weight is 324 g/mol. The number of aliphatic hydroxyl groups is 1. The highest BCUT2D eigenvalue weighted by Gasteiger charge is 2.26. The smallest absolute Gasteiger partial charge is 0.193 e. The van der Waals surface area contributed by atoms with Crippen LogP contribution in [-0.4, -0.2) is 22.3 Å². The van der Waals surface area contributed by atoms with E-state index in [4.69, 9.17) is 0 Å². The zero-order chi connectivity index (χ0) is 17.7. The molecule has 0 atom stereocenters. The fourth-order valence-electron chi connectivity index (χ4n) is 2.63. The number of rotatable bonds is 7. The lowest BCUT2D eigenvalue weighted by atomic mass is 9.90. The number of unbranched alkanes of at least 4 members (excludes halogenated alkanes) is 1. The molecule has 0 heterocycles. The van der Waals surface area contributed by atoms with Crippen molar-refractivity contribution in [2.45, 2.75) is 45.6 Å². The molecule has 0 aromatic heterocycles. The second-order valence-corrected chi connectivity index (χ2v) is 6.56. The van der Waals surface area contributed by atoms with E-state index in [1.807, 2.05) is 18.2 Å². The predicted molar refractivity (Wildman–Crippen MR) is 95.6 cm³/mol. The summed E-state index contributed by atoms with van der Waals surface area (Å²) in [5.41, 5.74) is 1.14. The van der Waals surface area contributed by atoms with Crippen molar-refractivity contribution in [3.63, 3.8) is 0 Å². The van der Waals surface area contributed by atoms with Gasteiger partial charge in [-0.2, -0.15) is 0 Å². The lowest BCUT2D eigenvalue weighted by Crippen LogP contribution is -2.31. The van der Waals surface area contributed by atoms with Crippen LogP contribution in [-0.2, 0) is 6.42 Å². The molecule has 0 unspecified atom stereocenters. The van der Waals surface area contributed by atoms with Gasteiger partial charge < -0.3 is 5.11 Å². The molecule has 3 heteroatoms. The molecular weight excluding hydrogens is 300 g/mol. The van der Waals surface area contributed by atoms with Crippen molar-refractivity contribution >= 4 is 11.6 Å². The van der Waals surface area contributed by atoms with E-state index in [9.17, 15) is 14.7 Å². The molecule has 0 saturated carbocycles. The van der Waals surface area contributed by atoms with E-state index < -0.39 is 5.60 Å². The fraction of sp³-hybridized carbons (Fsp3) is 0.333. The second-order valence-electron chi connectivity index (χ2n) is 6.56. The van der Waals surface area contributed by atoms with Crippen molar-refractivity contribution in [3.8, 4) is 0 Å². The van der Waals surface area contributed by atoms with Crippen LogP contribution in [0.4, 0.5) is 0 Å². The SMILES string of the molecule is CCCCc1cc(C(=O)C(C)(C)O)ccc1C(=O)c1ccccc1. The Hall–Kier alpha value is -2.26. The third-order valence-electron chi connectivity index (χ3n) is 4.00. The maximum Gasteiger partial charge on any atom is 0.193 e. The van der Waals surface area contributed by atoms with Crippen LogP contribution in [0.3, 0.4) is 0 Å². The molecule has 0 fully saturated rings. The van der Waals surface area contributed by atoms with E-state index in [0.29, 0.717) is 16.7 Å². The topological polar surface area (TPSA) is 54.4 Å².